The summed E-state index contributed by atoms with van der Waals surface area (Å²) < 4.78 is 5.65. The van der Waals surface area contributed by atoms with Gasteiger partial charge in [0.2, 0.25) is 5.91 Å². The summed E-state index contributed by atoms with van der Waals surface area (Å²) in [6.45, 7) is 1.16. The number of nitrogens with one attached hydrogen (secondary N) is 1. The Kier molecular flexibility index (Phi) is 5.89. The normalized spacial score (nSPS) is 13.1. The monoisotopic (exact) mass is 352 g/mol. The fraction of sp³-hybridized carbons (Fsp3) is 0.333. The minimum atomic E-state index is -0.0627. The van der Waals surface area contributed by atoms with Gasteiger partial charge in [0.1, 0.15) is 5.75 Å². The Hall–Kier alpha value is -2.82. The molecule has 0 spiro atoms. The van der Waals surface area contributed by atoms with Crippen LogP contribution in [0.1, 0.15) is 29.6 Å². The average Bonchev–Trinajstić information content (AvgIpc) is 3.51. The van der Waals surface area contributed by atoms with Crippen molar-refractivity contribution in [2.24, 2.45) is 5.92 Å². The maximum Gasteiger partial charge on any atom is 0.253 e. The van der Waals surface area contributed by atoms with E-state index >= 15 is 0 Å². The second-order valence-electron chi connectivity index (χ2n) is 6.59. The van der Waals surface area contributed by atoms with Crippen molar-refractivity contribution in [3.05, 3.63) is 60.2 Å². The van der Waals surface area contributed by atoms with Crippen molar-refractivity contribution in [2.45, 2.75) is 19.3 Å². The van der Waals surface area contributed by atoms with E-state index in [0.717, 1.165) is 25.0 Å². The summed E-state index contributed by atoms with van der Waals surface area (Å²) in [7, 11) is 1.78. The highest BCUT2D eigenvalue weighted by Crippen LogP contribution is 2.30. The van der Waals surface area contributed by atoms with Crippen LogP contribution in [-0.4, -0.2) is 36.9 Å². The van der Waals surface area contributed by atoms with E-state index in [0.29, 0.717) is 24.4 Å². The molecule has 0 atom stereocenters. The largest absolute Gasteiger partial charge is 0.494 e. The first-order valence-electron chi connectivity index (χ1n) is 8.98. The number of benzene rings is 2. The summed E-state index contributed by atoms with van der Waals surface area (Å²) in [5, 5.41) is 2.88. The van der Waals surface area contributed by atoms with E-state index < -0.39 is 0 Å². The zero-order valence-corrected chi connectivity index (χ0v) is 15.0. The fourth-order valence-electron chi connectivity index (χ4n) is 2.65. The predicted molar refractivity (Wildman–Crippen MR) is 101 cm³/mol. The number of rotatable bonds is 8. The third-order valence-electron chi connectivity index (χ3n) is 4.32. The topological polar surface area (TPSA) is 58.6 Å². The van der Waals surface area contributed by atoms with Crippen LogP contribution in [-0.2, 0) is 4.79 Å². The van der Waals surface area contributed by atoms with Gasteiger partial charge in [-0.15, -0.1) is 0 Å². The molecule has 2 aromatic carbocycles. The minimum absolute atomic E-state index is 0.0426. The molecule has 26 heavy (non-hydrogen) atoms. The van der Waals surface area contributed by atoms with Crippen molar-refractivity contribution in [3.63, 3.8) is 0 Å². The molecule has 0 aromatic heterocycles. The van der Waals surface area contributed by atoms with Gasteiger partial charge in [0.05, 0.1) is 6.61 Å². The van der Waals surface area contributed by atoms with Gasteiger partial charge in [-0.1, -0.05) is 24.3 Å². The molecular weight excluding hydrogens is 328 g/mol. The Balaban J connectivity index is 1.47. The van der Waals surface area contributed by atoms with Gasteiger partial charge in [0.15, 0.2) is 0 Å². The maximum absolute atomic E-state index is 12.6. The highest BCUT2D eigenvalue weighted by atomic mass is 16.5. The lowest BCUT2D eigenvalue weighted by molar-refractivity contribution is -0.117. The summed E-state index contributed by atoms with van der Waals surface area (Å²) in [5.41, 5.74) is 1.25. The molecule has 1 fully saturated rings. The Morgan fingerprint density at radius 1 is 1.12 bits per heavy atom. The molecule has 2 amide bonds. The van der Waals surface area contributed by atoms with Gasteiger partial charge < -0.3 is 15.0 Å². The van der Waals surface area contributed by atoms with E-state index in [9.17, 15) is 9.59 Å². The van der Waals surface area contributed by atoms with Crippen molar-refractivity contribution in [2.75, 3.05) is 25.5 Å². The number of ether oxygens (including phenoxy) is 1. The SMILES string of the molecule is CN(CCCOc1ccccc1)C(=O)c1cccc(NC(=O)C2CC2)c1. The third kappa shape index (κ3) is 5.09. The highest BCUT2D eigenvalue weighted by molar-refractivity contribution is 5.98. The minimum Gasteiger partial charge on any atom is -0.494 e. The maximum atomic E-state index is 12.6. The van der Waals surface area contributed by atoms with Gasteiger partial charge in [-0.3, -0.25) is 9.59 Å². The number of carbonyl (C=O) groups is 2. The highest BCUT2D eigenvalue weighted by Gasteiger charge is 2.29. The van der Waals surface area contributed by atoms with Crippen LogP contribution in [0.25, 0.3) is 0 Å². The van der Waals surface area contributed by atoms with Crippen molar-refractivity contribution in [1.82, 2.24) is 4.90 Å². The van der Waals surface area contributed by atoms with E-state index in [1.807, 2.05) is 36.4 Å². The summed E-state index contributed by atoms with van der Waals surface area (Å²) in [6.07, 6.45) is 2.66. The van der Waals surface area contributed by atoms with E-state index in [4.69, 9.17) is 4.74 Å². The lowest BCUT2D eigenvalue weighted by Gasteiger charge is -2.18. The van der Waals surface area contributed by atoms with Crippen LogP contribution in [0.4, 0.5) is 5.69 Å². The molecule has 5 heteroatoms. The zero-order chi connectivity index (χ0) is 18.4. The molecule has 1 aliphatic rings. The molecule has 3 rings (SSSR count). The predicted octanol–water partition coefficient (Wildman–Crippen LogP) is 3.58. The fourth-order valence-corrected chi connectivity index (χ4v) is 2.65. The molecule has 5 nitrogen and oxygen atoms in total. The summed E-state index contributed by atoms with van der Waals surface area (Å²) in [4.78, 5) is 26.1. The van der Waals surface area contributed by atoms with Crippen LogP contribution in [0.3, 0.4) is 0 Å². The summed E-state index contributed by atoms with van der Waals surface area (Å²) in [5.74, 6) is 0.954. The number of para-hydroxylation sites is 1. The Bertz CT molecular complexity index is 757. The van der Waals surface area contributed by atoms with E-state index in [2.05, 4.69) is 5.32 Å². The van der Waals surface area contributed by atoms with Gasteiger partial charge in [-0.25, -0.2) is 0 Å². The summed E-state index contributed by atoms with van der Waals surface area (Å²) >= 11 is 0. The van der Waals surface area contributed by atoms with Crippen LogP contribution < -0.4 is 10.1 Å². The quantitative estimate of drug-likeness (QED) is 0.739. The van der Waals surface area contributed by atoms with Crippen LogP contribution in [0.2, 0.25) is 0 Å². The Morgan fingerprint density at radius 2 is 1.88 bits per heavy atom. The van der Waals surface area contributed by atoms with Gasteiger partial charge in [-0.2, -0.15) is 0 Å². The number of hydrogen-bond donors (Lipinski definition) is 1. The first-order valence-corrected chi connectivity index (χ1v) is 8.98. The van der Waals surface area contributed by atoms with Gasteiger partial charge >= 0.3 is 0 Å². The molecule has 0 saturated heterocycles. The van der Waals surface area contributed by atoms with E-state index in [-0.39, 0.29) is 17.7 Å². The van der Waals surface area contributed by atoms with Crippen molar-refractivity contribution < 1.29 is 14.3 Å². The lowest BCUT2D eigenvalue weighted by atomic mass is 10.1. The summed E-state index contributed by atoms with van der Waals surface area (Å²) in [6, 6.07) is 16.7. The Labute approximate surface area is 154 Å². The number of carbonyl (C=O) groups excluding carboxylic acids is 2. The van der Waals surface area contributed by atoms with Crippen molar-refractivity contribution in [1.29, 1.82) is 0 Å². The third-order valence-corrected chi connectivity index (χ3v) is 4.32. The second kappa shape index (κ2) is 8.52. The number of hydrogen-bond acceptors (Lipinski definition) is 3. The molecule has 0 radical (unpaired) electrons. The Morgan fingerprint density at radius 3 is 2.62 bits per heavy atom. The number of anilines is 1. The number of nitrogens with zero attached hydrogens (tertiary/aromatic N) is 1. The van der Waals surface area contributed by atoms with E-state index in [1.165, 1.54) is 0 Å². The standard InChI is InChI=1S/C21H24N2O3/c1-23(13-6-14-26-19-9-3-2-4-10-19)21(25)17-7-5-8-18(15-17)22-20(24)16-11-12-16/h2-5,7-10,15-16H,6,11-14H2,1H3,(H,22,24). The molecule has 0 unspecified atom stereocenters. The van der Waals surface area contributed by atoms with Gasteiger partial charge in [0, 0.05) is 30.8 Å². The van der Waals surface area contributed by atoms with Gasteiger partial charge in [-0.05, 0) is 49.6 Å². The van der Waals surface area contributed by atoms with Crippen LogP contribution >= 0.6 is 0 Å². The lowest BCUT2D eigenvalue weighted by Crippen LogP contribution is -2.28. The van der Waals surface area contributed by atoms with Crippen LogP contribution in [0.15, 0.2) is 54.6 Å². The molecular formula is C21H24N2O3. The molecule has 1 aliphatic carbocycles. The van der Waals surface area contributed by atoms with Gasteiger partial charge in [0.25, 0.3) is 5.91 Å². The smallest absolute Gasteiger partial charge is 0.253 e. The number of amides is 2. The molecule has 0 bridgehead atoms. The first kappa shape index (κ1) is 18.0. The second-order valence-corrected chi connectivity index (χ2v) is 6.59. The van der Waals surface area contributed by atoms with Crippen molar-refractivity contribution in [3.8, 4) is 5.75 Å². The first-order chi connectivity index (χ1) is 12.6. The van der Waals surface area contributed by atoms with Crippen LogP contribution in [0.5, 0.6) is 5.75 Å². The average molecular weight is 352 g/mol. The van der Waals surface area contributed by atoms with E-state index in [1.54, 1.807) is 30.1 Å². The molecule has 136 valence electrons. The van der Waals surface area contributed by atoms with Crippen molar-refractivity contribution >= 4 is 17.5 Å². The molecule has 2 aromatic rings. The molecule has 0 heterocycles. The molecule has 1 saturated carbocycles. The van der Waals surface area contributed by atoms with Crippen LogP contribution in [0, 0.1) is 5.92 Å². The molecule has 1 N–H and O–H groups in total. The molecule has 0 aliphatic heterocycles. The zero-order valence-electron chi connectivity index (χ0n) is 15.0.